The van der Waals surface area contributed by atoms with Gasteiger partial charge < -0.3 is 19.5 Å². The second-order valence-electron chi connectivity index (χ2n) is 7.12. The number of hydrogen-bond acceptors (Lipinski definition) is 6. The molecule has 1 aromatic carbocycles. The Morgan fingerprint density at radius 3 is 2.63 bits per heavy atom. The van der Waals surface area contributed by atoms with Crippen molar-refractivity contribution in [1.82, 2.24) is 0 Å². The van der Waals surface area contributed by atoms with Crippen LogP contribution in [0.1, 0.15) is 32.3 Å². The number of carbonyl (C=O) groups excluding carboxylic acids is 2. The van der Waals surface area contributed by atoms with Crippen LogP contribution in [0.3, 0.4) is 0 Å². The van der Waals surface area contributed by atoms with E-state index in [9.17, 15) is 9.59 Å². The Labute approximate surface area is 162 Å². The van der Waals surface area contributed by atoms with Crippen LogP contribution in [-0.4, -0.2) is 38.0 Å². The summed E-state index contributed by atoms with van der Waals surface area (Å²) in [6, 6.07) is 5.61. The maximum Gasteiger partial charge on any atom is 0.323 e. The standard InChI is InChI=1S/C20H22ClNO5/c1-3-25-17(23)19(18(24)26-4-2)10-12-7-8-27-16-20(12,11-19)14-6-5-13(21)9-15(14)22-16/h5-7,9,16,22H,3-4,8,10-11H2,1-2H3/t16-,20-/m1/s1. The molecule has 6 nitrogen and oxygen atoms in total. The Morgan fingerprint density at radius 2 is 1.96 bits per heavy atom. The molecule has 0 amide bonds. The van der Waals surface area contributed by atoms with Crippen LogP contribution in [0.2, 0.25) is 5.02 Å². The Morgan fingerprint density at radius 1 is 1.26 bits per heavy atom. The lowest BCUT2D eigenvalue weighted by atomic mass is 9.73. The fraction of sp³-hybridized carbons (Fsp3) is 0.500. The molecule has 7 heteroatoms. The van der Waals surface area contributed by atoms with Crippen LogP contribution >= 0.6 is 11.6 Å². The van der Waals surface area contributed by atoms with Crippen LogP contribution in [-0.2, 0) is 29.2 Å². The summed E-state index contributed by atoms with van der Waals surface area (Å²) >= 11 is 6.16. The van der Waals surface area contributed by atoms with Crippen LogP contribution in [0.4, 0.5) is 5.69 Å². The topological polar surface area (TPSA) is 73.9 Å². The highest BCUT2D eigenvalue weighted by molar-refractivity contribution is 6.30. The van der Waals surface area contributed by atoms with Gasteiger partial charge in [0.15, 0.2) is 5.41 Å². The third-order valence-corrected chi connectivity index (χ3v) is 6.00. The number of esters is 2. The van der Waals surface area contributed by atoms with Crippen LogP contribution in [0.25, 0.3) is 0 Å². The van der Waals surface area contributed by atoms with Gasteiger partial charge in [0.1, 0.15) is 6.23 Å². The fourth-order valence-corrected chi connectivity index (χ4v) is 4.86. The van der Waals surface area contributed by atoms with E-state index in [1.54, 1.807) is 13.8 Å². The van der Waals surface area contributed by atoms with Crippen molar-refractivity contribution in [3.8, 4) is 0 Å². The van der Waals surface area contributed by atoms with Crippen molar-refractivity contribution >= 4 is 29.2 Å². The third-order valence-electron chi connectivity index (χ3n) is 5.77. The number of rotatable bonds is 4. The lowest BCUT2D eigenvalue weighted by Gasteiger charge is -2.36. The van der Waals surface area contributed by atoms with Crippen LogP contribution in [0.15, 0.2) is 29.8 Å². The number of anilines is 1. The lowest BCUT2D eigenvalue weighted by Crippen LogP contribution is -2.46. The molecular weight excluding hydrogens is 370 g/mol. The van der Waals surface area contributed by atoms with Gasteiger partial charge in [-0.1, -0.05) is 29.3 Å². The number of nitrogens with one attached hydrogen (secondary N) is 1. The quantitative estimate of drug-likeness (QED) is 0.482. The average molecular weight is 392 g/mol. The van der Waals surface area contributed by atoms with E-state index in [1.165, 1.54) is 0 Å². The molecule has 0 bridgehead atoms. The van der Waals surface area contributed by atoms with Gasteiger partial charge in [-0.25, -0.2) is 0 Å². The Kier molecular flexibility index (Phi) is 4.43. The van der Waals surface area contributed by atoms with Crippen molar-refractivity contribution < 1.29 is 23.8 Å². The number of fused-ring (bicyclic) bond motifs is 1. The summed E-state index contributed by atoms with van der Waals surface area (Å²) in [5.41, 5.74) is 0.875. The smallest absolute Gasteiger partial charge is 0.323 e. The maximum absolute atomic E-state index is 12.9. The molecule has 144 valence electrons. The average Bonchev–Trinajstić information content (AvgIpc) is 3.15. The maximum atomic E-state index is 12.9. The van der Waals surface area contributed by atoms with Crippen molar-refractivity contribution in [2.24, 2.45) is 5.41 Å². The predicted octanol–water partition coefficient (Wildman–Crippen LogP) is 3.19. The first-order valence-electron chi connectivity index (χ1n) is 9.20. The molecule has 1 aromatic rings. The van der Waals surface area contributed by atoms with Crippen molar-refractivity contribution in [3.05, 3.63) is 40.4 Å². The molecule has 27 heavy (non-hydrogen) atoms. The van der Waals surface area contributed by atoms with Crippen molar-refractivity contribution in [3.63, 3.8) is 0 Å². The summed E-state index contributed by atoms with van der Waals surface area (Å²) in [7, 11) is 0. The Balaban J connectivity index is 1.85. The normalized spacial score (nSPS) is 26.9. The molecule has 2 aliphatic heterocycles. The van der Waals surface area contributed by atoms with Gasteiger partial charge in [0.05, 0.1) is 25.2 Å². The van der Waals surface area contributed by atoms with E-state index in [2.05, 4.69) is 5.32 Å². The zero-order chi connectivity index (χ0) is 19.2. The molecule has 1 saturated carbocycles. The van der Waals surface area contributed by atoms with Crippen LogP contribution < -0.4 is 5.32 Å². The minimum absolute atomic E-state index is 0.205. The molecule has 1 spiro atoms. The lowest BCUT2D eigenvalue weighted by molar-refractivity contribution is -0.172. The van der Waals surface area contributed by atoms with Gasteiger partial charge in [-0.3, -0.25) is 9.59 Å². The van der Waals surface area contributed by atoms with Gasteiger partial charge in [-0.15, -0.1) is 0 Å². The summed E-state index contributed by atoms with van der Waals surface area (Å²) in [6.07, 6.45) is 2.13. The molecule has 4 rings (SSSR count). The van der Waals surface area contributed by atoms with E-state index >= 15 is 0 Å². The zero-order valence-corrected chi connectivity index (χ0v) is 16.1. The van der Waals surface area contributed by atoms with Gasteiger partial charge >= 0.3 is 11.9 Å². The minimum Gasteiger partial charge on any atom is -0.465 e. The molecule has 1 fully saturated rings. The van der Waals surface area contributed by atoms with Gasteiger partial charge in [0, 0.05) is 10.7 Å². The van der Waals surface area contributed by atoms with E-state index < -0.39 is 22.8 Å². The highest BCUT2D eigenvalue weighted by atomic mass is 35.5. The third kappa shape index (κ3) is 2.50. The number of benzene rings is 1. The fourth-order valence-electron chi connectivity index (χ4n) is 4.69. The van der Waals surface area contributed by atoms with Gasteiger partial charge in [0.2, 0.25) is 0 Å². The zero-order valence-electron chi connectivity index (χ0n) is 15.3. The van der Waals surface area contributed by atoms with Crippen LogP contribution in [0.5, 0.6) is 0 Å². The molecule has 1 aliphatic carbocycles. The van der Waals surface area contributed by atoms with Crippen LogP contribution in [0, 0.1) is 5.41 Å². The summed E-state index contributed by atoms with van der Waals surface area (Å²) in [5.74, 6) is -1.07. The van der Waals surface area contributed by atoms with Gasteiger partial charge in [-0.2, -0.15) is 0 Å². The number of halogens is 1. The number of hydrogen-bond donors (Lipinski definition) is 1. The van der Waals surface area contributed by atoms with E-state index in [0.29, 0.717) is 11.6 Å². The number of carbonyl (C=O) groups is 2. The van der Waals surface area contributed by atoms with E-state index in [-0.39, 0.29) is 32.3 Å². The molecule has 2 atom stereocenters. The van der Waals surface area contributed by atoms with E-state index in [1.807, 2.05) is 24.3 Å². The SMILES string of the molecule is CCOC(=O)C1(C(=O)OCC)CC2=CCO[C@H]3Nc4cc(Cl)ccc4[C@@]23C1. The molecule has 0 aromatic heterocycles. The highest BCUT2D eigenvalue weighted by Gasteiger charge is 2.67. The first-order chi connectivity index (χ1) is 13.0. The molecular formula is C20H22ClNO5. The van der Waals surface area contributed by atoms with Gasteiger partial charge in [-0.05, 0) is 44.4 Å². The molecule has 2 heterocycles. The molecule has 0 radical (unpaired) electrons. The molecule has 0 unspecified atom stereocenters. The van der Waals surface area contributed by atoms with E-state index in [0.717, 1.165) is 16.8 Å². The molecule has 0 saturated heterocycles. The largest absolute Gasteiger partial charge is 0.465 e. The second kappa shape index (κ2) is 6.53. The summed E-state index contributed by atoms with van der Waals surface area (Å²) < 4.78 is 16.6. The molecule has 3 aliphatic rings. The van der Waals surface area contributed by atoms with E-state index in [4.69, 9.17) is 25.8 Å². The molecule has 1 N–H and O–H groups in total. The van der Waals surface area contributed by atoms with Gasteiger partial charge in [0.25, 0.3) is 0 Å². The summed E-state index contributed by atoms with van der Waals surface area (Å²) in [6.45, 7) is 4.29. The Bertz CT molecular complexity index is 818. The second-order valence-corrected chi connectivity index (χ2v) is 7.56. The summed E-state index contributed by atoms with van der Waals surface area (Å²) in [5, 5.41) is 3.98. The van der Waals surface area contributed by atoms with Crippen molar-refractivity contribution in [2.45, 2.75) is 38.3 Å². The Hall–Kier alpha value is -2.05. The minimum atomic E-state index is -1.37. The first-order valence-corrected chi connectivity index (χ1v) is 9.58. The van der Waals surface area contributed by atoms with Crippen molar-refractivity contribution in [1.29, 1.82) is 0 Å². The summed E-state index contributed by atoms with van der Waals surface area (Å²) in [4.78, 5) is 25.9. The monoisotopic (exact) mass is 391 g/mol. The predicted molar refractivity (Wildman–Crippen MR) is 99.5 cm³/mol. The first kappa shape index (κ1) is 18.3. The highest BCUT2D eigenvalue weighted by Crippen LogP contribution is 2.62. The number of ether oxygens (including phenoxy) is 3. The van der Waals surface area contributed by atoms with Crippen molar-refractivity contribution in [2.75, 3.05) is 25.1 Å².